The van der Waals surface area contributed by atoms with E-state index in [2.05, 4.69) is 15.5 Å². The van der Waals surface area contributed by atoms with E-state index in [1.165, 1.54) is 11.8 Å². The molecule has 3 rings (SSSR count). The molecule has 0 spiro atoms. The highest BCUT2D eigenvalue weighted by Gasteiger charge is 2.17. The van der Waals surface area contributed by atoms with Gasteiger partial charge in [0.1, 0.15) is 0 Å². The van der Waals surface area contributed by atoms with Gasteiger partial charge in [0.05, 0.1) is 10.8 Å². The predicted octanol–water partition coefficient (Wildman–Crippen LogP) is 5.96. The first-order valence-corrected chi connectivity index (χ1v) is 10.6. The first kappa shape index (κ1) is 21.0. The van der Waals surface area contributed by atoms with Crippen molar-refractivity contribution >= 4 is 58.2 Å². The summed E-state index contributed by atoms with van der Waals surface area (Å²) in [5.41, 5.74) is 2.39. The lowest BCUT2D eigenvalue weighted by Crippen LogP contribution is -2.15. The first-order valence-electron chi connectivity index (χ1n) is 8.46. The number of amides is 1. The minimum Gasteiger partial charge on any atom is -0.325 e. The molecular formula is C19H17Cl3N4OS. The Kier molecular flexibility index (Phi) is 6.88. The molecule has 1 aromatic heterocycles. The van der Waals surface area contributed by atoms with Crippen molar-refractivity contribution in [1.29, 1.82) is 0 Å². The van der Waals surface area contributed by atoms with Gasteiger partial charge in [-0.25, -0.2) is 0 Å². The Hall–Kier alpha value is -1.73. The van der Waals surface area contributed by atoms with Crippen molar-refractivity contribution in [1.82, 2.24) is 14.8 Å². The largest absolute Gasteiger partial charge is 0.325 e. The summed E-state index contributed by atoms with van der Waals surface area (Å²) in [5.74, 6) is 0.710. The molecule has 1 N–H and O–H groups in total. The van der Waals surface area contributed by atoms with Crippen molar-refractivity contribution in [2.45, 2.75) is 25.5 Å². The number of thioether (sulfide) groups is 1. The number of carbonyl (C=O) groups excluding carboxylic acids is 1. The van der Waals surface area contributed by atoms with Crippen LogP contribution in [0, 0.1) is 6.92 Å². The quantitative estimate of drug-likeness (QED) is 0.466. The van der Waals surface area contributed by atoms with Crippen molar-refractivity contribution in [3.63, 3.8) is 0 Å². The van der Waals surface area contributed by atoms with Gasteiger partial charge in [-0.15, -0.1) is 10.2 Å². The zero-order valence-corrected chi connectivity index (χ0v) is 18.3. The van der Waals surface area contributed by atoms with Gasteiger partial charge in [-0.05, 0) is 55.8 Å². The number of aryl methyl sites for hydroxylation is 1. The van der Waals surface area contributed by atoms with Gasteiger partial charge in [0, 0.05) is 27.8 Å². The van der Waals surface area contributed by atoms with E-state index in [0.717, 1.165) is 16.8 Å². The number of nitrogens with zero attached hydrogens (tertiary/aromatic N) is 3. The number of halogens is 3. The lowest BCUT2D eigenvalue weighted by atomic mass is 10.2. The number of anilines is 1. The van der Waals surface area contributed by atoms with Crippen LogP contribution in [0.2, 0.25) is 15.1 Å². The Labute approximate surface area is 182 Å². The molecule has 0 bridgehead atoms. The molecule has 9 heteroatoms. The highest BCUT2D eigenvalue weighted by atomic mass is 35.5. The van der Waals surface area contributed by atoms with E-state index in [9.17, 15) is 4.79 Å². The van der Waals surface area contributed by atoms with E-state index in [1.807, 2.05) is 24.5 Å². The van der Waals surface area contributed by atoms with E-state index < -0.39 is 0 Å². The van der Waals surface area contributed by atoms with Crippen LogP contribution in [0.5, 0.6) is 0 Å². The fourth-order valence-corrected chi connectivity index (χ4v) is 4.16. The second-order valence-electron chi connectivity index (χ2n) is 5.97. The lowest BCUT2D eigenvalue weighted by Gasteiger charge is -2.10. The third kappa shape index (κ3) is 4.81. The highest BCUT2D eigenvalue weighted by Crippen LogP contribution is 2.31. The number of carbonyl (C=O) groups is 1. The van der Waals surface area contributed by atoms with Crippen LogP contribution in [0.3, 0.4) is 0 Å². The van der Waals surface area contributed by atoms with Crippen LogP contribution in [0.1, 0.15) is 12.5 Å². The Bertz CT molecular complexity index is 1020. The zero-order valence-electron chi connectivity index (χ0n) is 15.2. The Balaban J connectivity index is 1.72. The average Bonchev–Trinajstić information content (AvgIpc) is 3.05. The van der Waals surface area contributed by atoms with Gasteiger partial charge in [-0.3, -0.25) is 4.79 Å². The molecule has 0 fully saturated rings. The SMILES string of the molecule is CCn1c(SCC(=O)Nc2ccc(Cl)cc2C)nnc1-c1ccc(Cl)cc1Cl. The zero-order chi connectivity index (χ0) is 20.3. The molecule has 0 radical (unpaired) electrons. The predicted molar refractivity (Wildman–Crippen MR) is 117 cm³/mol. The molecule has 0 aliphatic heterocycles. The second kappa shape index (κ2) is 9.18. The monoisotopic (exact) mass is 454 g/mol. The van der Waals surface area contributed by atoms with Crippen LogP contribution in [-0.2, 0) is 11.3 Å². The summed E-state index contributed by atoms with van der Waals surface area (Å²) >= 11 is 19.5. The smallest absolute Gasteiger partial charge is 0.234 e. The number of aromatic nitrogens is 3. The van der Waals surface area contributed by atoms with Gasteiger partial charge in [0.15, 0.2) is 11.0 Å². The van der Waals surface area contributed by atoms with Gasteiger partial charge < -0.3 is 9.88 Å². The average molecular weight is 456 g/mol. The topological polar surface area (TPSA) is 59.8 Å². The summed E-state index contributed by atoms with van der Waals surface area (Å²) in [4.78, 5) is 12.3. The van der Waals surface area contributed by atoms with Gasteiger partial charge in [0.2, 0.25) is 5.91 Å². The van der Waals surface area contributed by atoms with E-state index >= 15 is 0 Å². The molecule has 5 nitrogen and oxygen atoms in total. The fraction of sp³-hybridized carbons (Fsp3) is 0.211. The summed E-state index contributed by atoms with van der Waals surface area (Å²) in [6, 6.07) is 10.6. The molecule has 0 unspecified atom stereocenters. The van der Waals surface area contributed by atoms with Crippen LogP contribution in [-0.4, -0.2) is 26.4 Å². The third-order valence-corrected chi connectivity index (χ3v) is 5.75. The van der Waals surface area contributed by atoms with Crippen molar-refractivity contribution < 1.29 is 4.79 Å². The molecule has 0 saturated carbocycles. The van der Waals surface area contributed by atoms with Gasteiger partial charge in [-0.2, -0.15) is 0 Å². The van der Waals surface area contributed by atoms with E-state index in [4.69, 9.17) is 34.8 Å². The van der Waals surface area contributed by atoms with Crippen molar-refractivity contribution in [2.75, 3.05) is 11.1 Å². The maximum Gasteiger partial charge on any atom is 0.234 e. The third-order valence-electron chi connectivity index (χ3n) is 4.00. The molecule has 146 valence electrons. The molecule has 0 aliphatic carbocycles. The number of rotatable bonds is 6. The molecular weight excluding hydrogens is 439 g/mol. The molecule has 28 heavy (non-hydrogen) atoms. The first-order chi connectivity index (χ1) is 13.4. The standard InChI is InChI=1S/C19H17Cl3N4OS/c1-3-26-18(14-6-4-13(21)9-15(14)22)24-25-19(26)28-10-17(27)23-16-7-5-12(20)8-11(16)2/h4-9H,3,10H2,1-2H3,(H,23,27). The minimum absolute atomic E-state index is 0.132. The maximum absolute atomic E-state index is 12.3. The minimum atomic E-state index is -0.132. The highest BCUT2D eigenvalue weighted by molar-refractivity contribution is 7.99. The van der Waals surface area contributed by atoms with E-state index in [0.29, 0.717) is 32.6 Å². The number of nitrogens with one attached hydrogen (secondary N) is 1. The van der Waals surface area contributed by atoms with Crippen LogP contribution in [0.15, 0.2) is 41.6 Å². The Morgan fingerprint density at radius 2 is 1.82 bits per heavy atom. The summed E-state index contributed by atoms with van der Waals surface area (Å²) in [5, 5.41) is 13.7. The molecule has 0 aliphatic rings. The van der Waals surface area contributed by atoms with Crippen LogP contribution in [0.4, 0.5) is 5.69 Å². The summed E-state index contributed by atoms with van der Waals surface area (Å²) in [6.07, 6.45) is 0. The van der Waals surface area contributed by atoms with Gasteiger partial charge in [0.25, 0.3) is 0 Å². The fourth-order valence-electron chi connectivity index (χ4n) is 2.63. The van der Waals surface area contributed by atoms with E-state index in [1.54, 1.807) is 30.3 Å². The second-order valence-corrected chi connectivity index (χ2v) is 8.19. The van der Waals surface area contributed by atoms with Gasteiger partial charge in [-0.1, -0.05) is 46.6 Å². The summed E-state index contributed by atoms with van der Waals surface area (Å²) < 4.78 is 1.92. The van der Waals surface area contributed by atoms with Gasteiger partial charge >= 0.3 is 0 Å². The number of hydrogen-bond donors (Lipinski definition) is 1. The number of benzene rings is 2. The Morgan fingerprint density at radius 1 is 1.11 bits per heavy atom. The normalized spacial score (nSPS) is 10.9. The molecule has 0 saturated heterocycles. The van der Waals surface area contributed by atoms with Crippen LogP contribution in [0.25, 0.3) is 11.4 Å². The van der Waals surface area contributed by atoms with Crippen molar-refractivity contribution in [3.8, 4) is 11.4 Å². The molecule has 0 atom stereocenters. The molecule has 1 heterocycles. The molecule has 3 aromatic rings. The molecule has 1 amide bonds. The number of hydrogen-bond acceptors (Lipinski definition) is 4. The molecule has 2 aromatic carbocycles. The van der Waals surface area contributed by atoms with Crippen LogP contribution >= 0.6 is 46.6 Å². The van der Waals surface area contributed by atoms with E-state index in [-0.39, 0.29) is 11.7 Å². The summed E-state index contributed by atoms with van der Waals surface area (Å²) in [7, 11) is 0. The van der Waals surface area contributed by atoms with Crippen molar-refractivity contribution in [3.05, 3.63) is 57.0 Å². The maximum atomic E-state index is 12.3. The van der Waals surface area contributed by atoms with Crippen molar-refractivity contribution in [2.24, 2.45) is 0 Å². The Morgan fingerprint density at radius 3 is 2.50 bits per heavy atom. The summed E-state index contributed by atoms with van der Waals surface area (Å²) in [6.45, 7) is 4.52. The van der Waals surface area contributed by atoms with Crippen LogP contribution < -0.4 is 5.32 Å². The lowest BCUT2D eigenvalue weighted by molar-refractivity contribution is -0.113.